The van der Waals surface area contributed by atoms with Crippen molar-refractivity contribution in [2.24, 2.45) is 0 Å². The highest BCUT2D eigenvalue weighted by Crippen LogP contribution is 2.11. The first kappa shape index (κ1) is 12.3. The van der Waals surface area contributed by atoms with Crippen molar-refractivity contribution in [2.75, 3.05) is 26.2 Å². The Bertz CT molecular complexity index is 520. The minimum Gasteiger partial charge on any atom is -0.476 e. The van der Waals surface area contributed by atoms with Gasteiger partial charge in [0.1, 0.15) is 6.20 Å². The van der Waals surface area contributed by atoms with E-state index in [2.05, 4.69) is 20.2 Å². The van der Waals surface area contributed by atoms with Crippen molar-refractivity contribution in [2.45, 2.75) is 25.7 Å². The van der Waals surface area contributed by atoms with E-state index in [-0.39, 0.29) is 0 Å². The van der Waals surface area contributed by atoms with E-state index >= 15 is 0 Å². The molecular formula is C13H19N5O. The van der Waals surface area contributed by atoms with Crippen molar-refractivity contribution in [3.63, 3.8) is 0 Å². The van der Waals surface area contributed by atoms with E-state index in [1.165, 1.54) is 32.4 Å². The van der Waals surface area contributed by atoms with Crippen LogP contribution in [0.15, 0.2) is 18.5 Å². The Morgan fingerprint density at radius 3 is 3.00 bits per heavy atom. The van der Waals surface area contributed by atoms with Gasteiger partial charge in [-0.05, 0) is 32.4 Å². The van der Waals surface area contributed by atoms with E-state index in [9.17, 15) is 0 Å². The van der Waals surface area contributed by atoms with Gasteiger partial charge in [-0.1, -0.05) is 6.42 Å². The Morgan fingerprint density at radius 2 is 2.11 bits per heavy atom. The van der Waals surface area contributed by atoms with Crippen LogP contribution in [0.4, 0.5) is 0 Å². The van der Waals surface area contributed by atoms with Crippen molar-refractivity contribution in [1.82, 2.24) is 24.7 Å². The fourth-order valence-corrected chi connectivity index (χ4v) is 2.48. The number of aromatic nitrogens is 4. The van der Waals surface area contributed by atoms with E-state index in [0.29, 0.717) is 18.1 Å². The maximum atomic E-state index is 5.74. The first-order valence-electron chi connectivity index (χ1n) is 6.94. The largest absolute Gasteiger partial charge is 0.476 e. The molecule has 0 spiro atoms. The lowest BCUT2D eigenvalue weighted by atomic mass is 10.1. The summed E-state index contributed by atoms with van der Waals surface area (Å²) in [5.74, 6) is 0.661. The van der Waals surface area contributed by atoms with Crippen molar-refractivity contribution in [1.29, 1.82) is 0 Å². The third-order valence-electron chi connectivity index (χ3n) is 3.48. The highest BCUT2D eigenvalue weighted by Gasteiger charge is 2.09. The SMILES string of the molecule is c1cc2nncc(OCCCN3CCCCC3)n2n1. The molecule has 6 heteroatoms. The molecule has 0 radical (unpaired) electrons. The van der Waals surface area contributed by atoms with Gasteiger partial charge in [-0.3, -0.25) is 0 Å². The summed E-state index contributed by atoms with van der Waals surface area (Å²) in [6, 6.07) is 1.81. The van der Waals surface area contributed by atoms with E-state index in [1.807, 2.05) is 6.07 Å². The van der Waals surface area contributed by atoms with Crippen LogP contribution in [0, 0.1) is 0 Å². The van der Waals surface area contributed by atoms with Crippen LogP contribution in [0.1, 0.15) is 25.7 Å². The summed E-state index contributed by atoms with van der Waals surface area (Å²) in [6.45, 7) is 4.28. The minimum absolute atomic E-state index is 0.661. The lowest BCUT2D eigenvalue weighted by Crippen LogP contribution is -2.31. The second kappa shape index (κ2) is 5.97. The molecule has 0 amide bonds. The van der Waals surface area contributed by atoms with Crippen LogP contribution in [0.25, 0.3) is 5.65 Å². The van der Waals surface area contributed by atoms with Crippen LogP contribution in [0.3, 0.4) is 0 Å². The predicted octanol–water partition coefficient (Wildman–Crippen LogP) is 1.38. The molecule has 0 saturated carbocycles. The first-order chi connectivity index (χ1) is 9.43. The third kappa shape index (κ3) is 3.01. The molecule has 1 aliphatic heterocycles. The third-order valence-corrected chi connectivity index (χ3v) is 3.48. The number of ether oxygens (including phenoxy) is 1. The van der Waals surface area contributed by atoms with Gasteiger partial charge in [-0.2, -0.15) is 14.7 Å². The average molecular weight is 261 g/mol. The topological polar surface area (TPSA) is 55.6 Å². The zero-order chi connectivity index (χ0) is 12.9. The molecule has 0 atom stereocenters. The molecule has 19 heavy (non-hydrogen) atoms. The molecule has 0 aliphatic carbocycles. The van der Waals surface area contributed by atoms with Gasteiger partial charge in [-0.25, -0.2) is 0 Å². The van der Waals surface area contributed by atoms with Crippen LogP contribution >= 0.6 is 0 Å². The summed E-state index contributed by atoms with van der Waals surface area (Å²) >= 11 is 0. The zero-order valence-corrected chi connectivity index (χ0v) is 11.0. The van der Waals surface area contributed by atoms with Crippen molar-refractivity contribution in [3.05, 3.63) is 18.5 Å². The summed E-state index contributed by atoms with van der Waals surface area (Å²) < 4.78 is 7.41. The van der Waals surface area contributed by atoms with Crippen LogP contribution in [0.2, 0.25) is 0 Å². The summed E-state index contributed by atoms with van der Waals surface area (Å²) in [5.41, 5.74) is 0.716. The first-order valence-corrected chi connectivity index (χ1v) is 6.94. The molecule has 3 heterocycles. The Hall–Kier alpha value is -1.69. The lowest BCUT2D eigenvalue weighted by Gasteiger charge is -2.26. The molecule has 1 aliphatic rings. The lowest BCUT2D eigenvalue weighted by molar-refractivity contribution is 0.201. The van der Waals surface area contributed by atoms with E-state index in [4.69, 9.17) is 4.74 Å². The maximum absolute atomic E-state index is 5.74. The smallest absolute Gasteiger partial charge is 0.237 e. The monoisotopic (exact) mass is 261 g/mol. The predicted molar refractivity (Wildman–Crippen MR) is 71.2 cm³/mol. The Morgan fingerprint density at radius 1 is 1.21 bits per heavy atom. The van der Waals surface area contributed by atoms with Gasteiger partial charge in [0.25, 0.3) is 0 Å². The molecule has 102 valence electrons. The second-order valence-corrected chi connectivity index (χ2v) is 4.89. The van der Waals surface area contributed by atoms with Crippen LogP contribution in [-0.4, -0.2) is 51.0 Å². The van der Waals surface area contributed by atoms with Crippen molar-refractivity contribution < 1.29 is 4.74 Å². The summed E-state index contributed by atoms with van der Waals surface area (Å²) in [5, 5.41) is 12.0. The molecule has 0 N–H and O–H groups in total. The van der Waals surface area contributed by atoms with Crippen molar-refractivity contribution in [3.8, 4) is 5.88 Å². The average Bonchev–Trinajstić information content (AvgIpc) is 2.94. The van der Waals surface area contributed by atoms with Crippen LogP contribution in [-0.2, 0) is 0 Å². The molecule has 0 bridgehead atoms. The normalized spacial score (nSPS) is 16.8. The fourth-order valence-electron chi connectivity index (χ4n) is 2.48. The molecule has 0 aromatic carbocycles. The summed E-state index contributed by atoms with van der Waals surface area (Å²) in [4.78, 5) is 2.52. The fraction of sp³-hybridized carbons (Fsp3) is 0.615. The number of piperidine rings is 1. The van der Waals surface area contributed by atoms with E-state index < -0.39 is 0 Å². The molecule has 2 aromatic heterocycles. The number of hydrogen-bond acceptors (Lipinski definition) is 5. The second-order valence-electron chi connectivity index (χ2n) is 4.89. The molecule has 2 aromatic rings. The molecule has 1 fully saturated rings. The number of rotatable bonds is 5. The number of hydrogen-bond donors (Lipinski definition) is 0. The van der Waals surface area contributed by atoms with E-state index in [0.717, 1.165) is 13.0 Å². The number of nitrogens with zero attached hydrogens (tertiary/aromatic N) is 5. The minimum atomic E-state index is 0.661. The van der Waals surface area contributed by atoms with Gasteiger partial charge in [0.05, 0.1) is 12.8 Å². The van der Waals surface area contributed by atoms with Gasteiger partial charge in [0.15, 0.2) is 5.65 Å². The van der Waals surface area contributed by atoms with E-state index in [1.54, 1.807) is 16.9 Å². The van der Waals surface area contributed by atoms with Crippen LogP contribution < -0.4 is 4.74 Å². The molecule has 6 nitrogen and oxygen atoms in total. The summed E-state index contributed by atoms with van der Waals surface area (Å²) in [7, 11) is 0. The van der Waals surface area contributed by atoms with Gasteiger partial charge in [-0.15, -0.1) is 5.10 Å². The molecular weight excluding hydrogens is 242 g/mol. The standard InChI is InChI=1S/C13H19N5O/c1-2-7-17(8-3-1)9-4-10-19-13-11-14-16-12-5-6-15-18(12)13/h5-6,11H,1-4,7-10H2. The Kier molecular flexibility index (Phi) is 3.88. The maximum Gasteiger partial charge on any atom is 0.237 e. The van der Waals surface area contributed by atoms with Gasteiger partial charge >= 0.3 is 0 Å². The zero-order valence-electron chi connectivity index (χ0n) is 11.0. The Labute approximate surface area is 112 Å². The quantitative estimate of drug-likeness (QED) is 0.761. The number of likely N-dealkylation sites (tertiary alicyclic amines) is 1. The van der Waals surface area contributed by atoms with Crippen molar-refractivity contribution >= 4 is 5.65 Å². The van der Waals surface area contributed by atoms with Gasteiger partial charge < -0.3 is 9.64 Å². The van der Waals surface area contributed by atoms with Gasteiger partial charge in [0, 0.05) is 12.6 Å². The van der Waals surface area contributed by atoms with Crippen LogP contribution in [0.5, 0.6) is 5.88 Å². The highest BCUT2D eigenvalue weighted by molar-refractivity contribution is 5.36. The molecule has 3 rings (SSSR count). The Balaban J connectivity index is 1.48. The molecule has 1 saturated heterocycles. The summed E-state index contributed by atoms with van der Waals surface area (Å²) in [6.07, 6.45) is 8.40. The highest BCUT2D eigenvalue weighted by atomic mass is 16.5. The van der Waals surface area contributed by atoms with Gasteiger partial charge in [0.2, 0.25) is 5.88 Å². The molecule has 0 unspecified atom stereocenters. The number of fused-ring (bicyclic) bond motifs is 1.